The maximum absolute atomic E-state index is 12.0. The summed E-state index contributed by atoms with van der Waals surface area (Å²) in [5.74, 6) is 0.161. The van der Waals surface area contributed by atoms with Crippen LogP contribution in [0.3, 0.4) is 0 Å². The fourth-order valence-corrected chi connectivity index (χ4v) is 1.19. The summed E-state index contributed by atoms with van der Waals surface area (Å²) in [6.45, 7) is 1.40. The number of piperidine rings is 1. The van der Waals surface area contributed by atoms with E-state index in [2.05, 4.69) is 5.32 Å². The highest BCUT2D eigenvalue weighted by atomic mass is 19.1. The lowest BCUT2D eigenvalue weighted by molar-refractivity contribution is 0.275. The van der Waals surface area contributed by atoms with Gasteiger partial charge in [0.05, 0.1) is 6.67 Å². The lowest BCUT2D eigenvalue weighted by Crippen LogP contribution is -2.44. The number of alkyl halides is 1. The van der Waals surface area contributed by atoms with Gasteiger partial charge in [0.15, 0.2) is 0 Å². The molecule has 1 saturated heterocycles. The normalized spacial score (nSPS) is 36.7. The summed E-state index contributed by atoms with van der Waals surface area (Å²) in [6.07, 6.45) is 0.837. The smallest absolute Gasteiger partial charge is 0.0935 e. The van der Waals surface area contributed by atoms with Gasteiger partial charge in [-0.3, -0.25) is 4.39 Å². The first-order chi connectivity index (χ1) is 4.33. The van der Waals surface area contributed by atoms with Crippen LogP contribution in [0, 0.1) is 5.92 Å². The van der Waals surface area contributed by atoms with Gasteiger partial charge in [-0.1, -0.05) is 0 Å². The van der Waals surface area contributed by atoms with Crippen molar-refractivity contribution in [1.82, 2.24) is 5.32 Å². The molecule has 0 radical (unpaired) electrons. The molecule has 1 heterocycles. The van der Waals surface area contributed by atoms with Crippen molar-refractivity contribution < 1.29 is 4.39 Å². The minimum atomic E-state index is -0.235. The van der Waals surface area contributed by atoms with E-state index in [-0.39, 0.29) is 18.6 Å². The van der Waals surface area contributed by atoms with Gasteiger partial charge in [-0.25, -0.2) is 0 Å². The van der Waals surface area contributed by atoms with E-state index < -0.39 is 0 Å². The number of halogens is 1. The minimum Gasteiger partial charge on any atom is -0.327 e. The monoisotopic (exact) mass is 132 g/mol. The van der Waals surface area contributed by atoms with Gasteiger partial charge in [0.2, 0.25) is 0 Å². The third kappa shape index (κ3) is 1.91. The van der Waals surface area contributed by atoms with E-state index in [0.29, 0.717) is 0 Å². The Morgan fingerprint density at radius 2 is 2.33 bits per heavy atom. The van der Waals surface area contributed by atoms with Crippen molar-refractivity contribution in [2.45, 2.75) is 12.5 Å². The molecule has 3 heteroatoms. The van der Waals surface area contributed by atoms with E-state index in [0.717, 1.165) is 19.5 Å². The quantitative estimate of drug-likeness (QED) is 0.522. The van der Waals surface area contributed by atoms with E-state index >= 15 is 0 Å². The summed E-state index contributed by atoms with van der Waals surface area (Å²) in [6, 6.07) is 0.166. The van der Waals surface area contributed by atoms with Crippen LogP contribution in [0.25, 0.3) is 0 Å². The Labute approximate surface area is 54.6 Å². The summed E-state index contributed by atoms with van der Waals surface area (Å²) in [5.41, 5.74) is 5.57. The summed E-state index contributed by atoms with van der Waals surface area (Å²) in [7, 11) is 0. The molecule has 2 nitrogen and oxygen atoms in total. The van der Waals surface area contributed by atoms with Crippen LogP contribution >= 0.6 is 0 Å². The molecule has 1 rings (SSSR count). The SMILES string of the molecule is NC1CNCC(CF)C1. The summed E-state index contributed by atoms with van der Waals surface area (Å²) in [4.78, 5) is 0. The maximum atomic E-state index is 12.0. The molecule has 0 saturated carbocycles. The van der Waals surface area contributed by atoms with Gasteiger partial charge in [-0.15, -0.1) is 0 Å². The molecule has 0 aromatic heterocycles. The zero-order chi connectivity index (χ0) is 6.69. The molecule has 9 heavy (non-hydrogen) atoms. The van der Waals surface area contributed by atoms with Gasteiger partial charge in [-0.05, 0) is 6.42 Å². The van der Waals surface area contributed by atoms with Crippen LogP contribution in [0.5, 0.6) is 0 Å². The number of nitrogens with two attached hydrogens (primary N) is 1. The van der Waals surface area contributed by atoms with Crippen LogP contribution in [0.4, 0.5) is 4.39 Å². The zero-order valence-corrected chi connectivity index (χ0v) is 5.44. The van der Waals surface area contributed by atoms with Gasteiger partial charge in [-0.2, -0.15) is 0 Å². The van der Waals surface area contributed by atoms with Crippen molar-refractivity contribution in [1.29, 1.82) is 0 Å². The second-order valence-corrected chi connectivity index (χ2v) is 2.67. The molecule has 0 amide bonds. The van der Waals surface area contributed by atoms with Gasteiger partial charge >= 0.3 is 0 Å². The Morgan fingerprint density at radius 3 is 2.78 bits per heavy atom. The van der Waals surface area contributed by atoms with Crippen molar-refractivity contribution in [2.75, 3.05) is 19.8 Å². The number of hydrogen-bond acceptors (Lipinski definition) is 2. The highest BCUT2D eigenvalue weighted by molar-refractivity contribution is 4.77. The van der Waals surface area contributed by atoms with Crippen molar-refractivity contribution in [3.63, 3.8) is 0 Å². The molecule has 1 fully saturated rings. The highest BCUT2D eigenvalue weighted by Gasteiger charge is 2.17. The second kappa shape index (κ2) is 3.13. The van der Waals surface area contributed by atoms with Gasteiger partial charge in [0.25, 0.3) is 0 Å². The molecule has 2 unspecified atom stereocenters. The van der Waals surface area contributed by atoms with Crippen molar-refractivity contribution >= 4 is 0 Å². The largest absolute Gasteiger partial charge is 0.327 e. The molecule has 0 spiro atoms. The molecule has 54 valence electrons. The lowest BCUT2D eigenvalue weighted by atomic mass is 9.98. The average Bonchev–Trinajstić information content (AvgIpc) is 1.88. The zero-order valence-electron chi connectivity index (χ0n) is 5.44. The Bertz CT molecular complexity index is 87.1. The Balaban J connectivity index is 2.23. The van der Waals surface area contributed by atoms with E-state index in [9.17, 15) is 4.39 Å². The minimum absolute atomic E-state index is 0.161. The highest BCUT2D eigenvalue weighted by Crippen LogP contribution is 2.08. The van der Waals surface area contributed by atoms with Crippen LogP contribution < -0.4 is 11.1 Å². The van der Waals surface area contributed by atoms with Crippen LogP contribution in [0.15, 0.2) is 0 Å². The number of nitrogens with one attached hydrogen (secondary N) is 1. The third-order valence-corrected chi connectivity index (χ3v) is 1.69. The Hall–Kier alpha value is -0.150. The summed E-state index contributed by atoms with van der Waals surface area (Å²) >= 11 is 0. The molecule has 0 aromatic carbocycles. The molecule has 2 atom stereocenters. The predicted octanol–water partition coefficient (Wildman–Crippen LogP) is -0.107. The molecule has 1 aliphatic heterocycles. The molecular weight excluding hydrogens is 119 g/mol. The molecule has 0 bridgehead atoms. The Morgan fingerprint density at radius 1 is 1.56 bits per heavy atom. The van der Waals surface area contributed by atoms with Crippen molar-refractivity contribution in [3.8, 4) is 0 Å². The Kier molecular flexibility index (Phi) is 2.42. The van der Waals surface area contributed by atoms with Crippen molar-refractivity contribution in [3.05, 3.63) is 0 Å². The fraction of sp³-hybridized carbons (Fsp3) is 1.00. The maximum Gasteiger partial charge on any atom is 0.0935 e. The second-order valence-electron chi connectivity index (χ2n) is 2.67. The van der Waals surface area contributed by atoms with Crippen LogP contribution in [-0.4, -0.2) is 25.8 Å². The third-order valence-electron chi connectivity index (χ3n) is 1.69. The van der Waals surface area contributed by atoms with Gasteiger partial charge in [0.1, 0.15) is 0 Å². The lowest BCUT2D eigenvalue weighted by Gasteiger charge is -2.25. The molecule has 3 N–H and O–H groups in total. The average molecular weight is 132 g/mol. The number of rotatable bonds is 1. The van der Waals surface area contributed by atoms with Gasteiger partial charge in [0, 0.05) is 25.0 Å². The fourth-order valence-electron chi connectivity index (χ4n) is 1.19. The summed E-state index contributed by atoms with van der Waals surface area (Å²) in [5, 5.41) is 3.07. The molecule has 0 aliphatic carbocycles. The summed E-state index contributed by atoms with van der Waals surface area (Å²) < 4.78 is 12.0. The first-order valence-electron chi connectivity index (χ1n) is 3.35. The molecule has 0 aromatic rings. The molecule has 1 aliphatic rings. The predicted molar refractivity (Wildman–Crippen MR) is 34.9 cm³/mol. The van der Waals surface area contributed by atoms with Crippen LogP contribution in [0.1, 0.15) is 6.42 Å². The van der Waals surface area contributed by atoms with Gasteiger partial charge < -0.3 is 11.1 Å². The van der Waals surface area contributed by atoms with E-state index in [1.807, 2.05) is 0 Å². The topological polar surface area (TPSA) is 38.0 Å². The van der Waals surface area contributed by atoms with E-state index in [1.54, 1.807) is 0 Å². The standard InChI is InChI=1S/C6H13FN2/c7-2-5-1-6(8)4-9-3-5/h5-6,9H,1-4,8H2. The number of hydrogen-bond donors (Lipinski definition) is 2. The van der Waals surface area contributed by atoms with E-state index in [1.165, 1.54) is 0 Å². The molecular formula is C6H13FN2. The van der Waals surface area contributed by atoms with Crippen LogP contribution in [0.2, 0.25) is 0 Å². The first-order valence-corrected chi connectivity index (χ1v) is 3.35. The van der Waals surface area contributed by atoms with Crippen molar-refractivity contribution in [2.24, 2.45) is 11.7 Å². The van der Waals surface area contributed by atoms with E-state index in [4.69, 9.17) is 5.73 Å². The first kappa shape index (κ1) is 6.96. The van der Waals surface area contributed by atoms with Crippen LogP contribution in [-0.2, 0) is 0 Å².